The molecule has 2 aliphatic carbocycles. The van der Waals surface area contributed by atoms with Gasteiger partial charge in [0.2, 0.25) is 0 Å². The van der Waals surface area contributed by atoms with Gasteiger partial charge in [0.1, 0.15) is 0 Å². The highest BCUT2D eigenvalue weighted by Crippen LogP contribution is 2.59. The number of nitriles is 1. The average Bonchev–Trinajstić information content (AvgIpc) is 2.60. The van der Waals surface area contributed by atoms with Crippen LogP contribution in [0.25, 0.3) is 0 Å². The van der Waals surface area contributed by atoms with Crippen LogP contribution in [0.2, 0.25) is 0 Å². The van der Waals surface area contributed by atoms with Crippen molar-refractivity contribution in [3.8, 4) is 6.07 Å². The van der Waals surface area contributed by atoms with Crippen molar-refractivity contribution in [3.05, 3.63) is 47.5 Å². The first kappa shape index (κ1) is 18.2. The minimum Gasteiger partial charge on any atom is -0.192 e. The monoisotopic (exact) mass is 335 g/mol. The van der Waals surface area contributed by atoms with Gasteiger partial charge in [0.25, 0.3) is 0 Å². The number of hydrogen-bond donors (Lipinski definition) is 0. The summed E-state index contributed by atoms with van der Waals surface area (Å²) in [5.41, 5.74) is 4.13. The maximum atomic E-state index is 9.36. The van der Waals surface area contributed by atoms with Gasteiger partial charge >= 0.3 is 0 Å². The highest BCUT2D eigenvalue weighted by atomic mass is 14.5. The highest BCUT2D eigenvalue weighted by Gasteiger charge is 2.47. The van der Waals surface area contributed by atoms with Crippen LogP contribution < -0.4 is 0 Å². The average molecular weight is 336 g/mol. The van der Waals surface area contributed by atoms with E-state index in [0.29, 0.717) is 17.8 Å². The smallest absolute Gasteiger partial charge is 0.0991 e. The Morgan fingerprint density at radius 1 is 1.36 bits per heavy atom. The molecule has 0 aromatic heterocycles. The van der Waals surface area contributed by atoms with E-state index < -0.39 is 0 Å². The summed E-state index contributed by atoms with van der Waals surface area (Å²) < 4.78 is 0. The van der Waals surface area contributed by atoms with E-state index in [-0.39, 0.29) is 5.41 Å². The summed E-state index contributed by atoms with van der Waals surface area (Å²) in [6.45, 7) is 13.6. The Bertz CT molecular complexity index is 680. The van der Waals surface area contributed by atoms with Gasteiger partial charge in [0.15, 0.2) is 0 Å². The van der Waals surface area contributed by atoms with Crippen molar-refractivity contribution in [3.63, 3.8) is 0 Å². The zero-order valence-corrected chi connectivity index (χ0v) is 16.4. The van der Waals surface area contributed by atoms with E-state index in [1.165, 1.54) is 37.7 Å². The molecule has 1 fully saturated rings. The summed E-state index contributed by atoms with van der Waals surface area (Å²) in [7, 11) is 0. The maximum absolute atomic E-state index is 9.36. The van der Waals surface area contributed by atoms with Crippen LogP contribution in [0.3, 0.4) is 0 Å². The van der Waals surface area contributed by atoms with E-state index in [0.717, 1.165) is 17.4 Å². The molecule has 0 radical (unpaired) electrons. The molecule has 0 spiro atoms. The molecular weight excluding hydrogens is 302 g/mol. The lowest BCUT2D eigenvalue weighted by Gasteiger charge is -2.52. The van der Waals surface area contributed by atoms with E-state index in [4.69, 9.17) is 0 Å². The van der Waals surface area contributed by atoms with Crippen molar-refractivity contribution in [2.24, 2.45) is 23.2 Å². The number of rotatable bonds is 4. The normalized spacial score (nSPS) is 34.1. The first-order chi connectivity index (χ1) is 11.9. The van der Waals surface area contributed by atoms with Gasteiger partial charge in [-0.3, -0.25) is 0 Å². The summed E-state index contributed by atoms with van der Waals surface area (Å²) in [5, 5.41) is 9.36. The molecule has 1 saturated carbocycles. The van der Waals surface area contributed by atoms with Crippen molar-refractivity contribution in [2.45, 2.75) is 71.6 Å². The molecule has 0 N–H and O–H groups in total. The molecule has 0 heterocycles. The molecule has 0 bridgehead atoms. The Kier molecular flexibility index (Phi) is 5.10. The SMILES string of the molecule is C=CC1(C)CCC2c3ccc(C#N)cc3C(CC(C)C)CC2C1CC. The van der Waals surface area contributed by atoms with E-state index in [2.05, 4.69) is 58.6 Å². The Morgan fingerprint density at radius 2 is 2.12 bits per heavy atom. The maximum Gasteiger partial charge on any atom is 0.0991 e. The van der Waals surface area contributed by atoms with Gasteiger partial charge in [-0.25, -0.2) is 0 Å². The van der Waals surface area contributed by atoms with Gasteiger partial charge in [-0.15, -0.1) is 6.58 Å². The summed E-state index contributed by atoms with van der Waals surface area (Å²) >= 11 is 0. The van der Waals surface area contributed by atoms with Gasteiger partial charge in [0.05, 0.1) is 11.6 Å². The zero-order chi connectivity index (χ0) is 18.2. The fourth-order valence-electron chi connectivity index (χ4n) is 5.96. The van der Waals surface area contributed by atoms with E-state index >= 15 is 0 Å². The van der Waals surface area contributed by atoms with Gasteiger partial charge in [-0.05, 0) is 83.9 Å². The number of allylic oxidation sites excluding steroid dienone is 1. The van der Waals surface area contributed by atoms with Crippen molar-refractivity contribution < 1.29 is 0 Å². The van der Waals surface area contributed by atoms with E-state index in [1.54, 1.807) is 5.56 Å². The fourth-order valence-corrected chi connectivity index (χ4v) is 5.96. The largest absolute Gasteiger partial charge is 0.192 e. The minimum absolute atomic E-state index is 0.280. The Hall–Kier alpha value is -1.55. The molecule has 0 saturated heterocycles. The molecule has 134 valence electrons. The molecule has 1 nitrogen and oxygen atoms in total. The standard InChI is InChI=1S/C24H33N/c1-6-23-22-14-18(12-16(3)4)21-13-17(15-25)8-9-19(21)20(22)10-11-24(23,5)7-2/h7-9,13,16,18,20,22-23H,2,6,10-12,14H2,1,3-5H3. The van der Waals surface area contributed by atoms with Crippen LogP contribution in [-0.2, 0) is 0 Å². The zero-order valence-electron chi connectivity index (χ0n) is 16.4. The Balaban J connectivity index is 2.05. The molecule has 1 aromatic rings. The van der Waals surface area contributed by atoms with Crippen LogP contribution in [0.1, 0.15) is 88.3 Å². The van der Waals surface area contributed by atoms with Crippen molar-refractivity contribution in [2.75, 3.05) is 0 Å². The quantitative estimate of drug-likeness (QED) is 0.555. The Labute approximate surface area is 154 Å². The number of hydrogen-bond acceptors (Lipinski definition) is 1. The molecule has 0 aliphatic heterocycles. The third kappa shape index (κ3) is 3.17. The van der Waals surface area contributed by atoms with Crippen LogP contribution in [-0.4, -0.2) is 0 Å². The van der Waals surface area contributed by atoms with Crippen molar-refractivity contribution in [1.29, 1.82) is 5.26 Å². The number of fused-ring (bicyclic) bond motifs is 3. The van der Waals surface area contributed by atoms with E-state index in [1.807, 2.05) is 6.07 Å². The van der Waals surface area contributed by atoms with Crippen molar-refractivity contribution in [1.82, 2.24) is 0 Å². The summed E-state index contributed by atoms with van der Waals surface area (Å²) in [6, 6.07) is 8.86. The first-order valence-electron chi connectivity index (χ1n) is 10.1. The molecule has 5 atom stereocenters. The summed E-state index contributed by atoms with van der Waals surface area (Å²) in [5.74, 6) is 3.44. The topological polar surface area (TPSA) is 23.8 Å². The van der Waals surface area contributed by atoms with Gasteiger partial charge in [0, 0.05) is 0 Å². The first-order valence-corrected chi connectivity index (χ1v) is 10.1. The molecule has 2 aliphatic rings. The second-order valence-electron chi connectivity index (χ2n) is 9.05. The lowest BCUT2D eigenvalue weighted by Crippen LogP contribution is -2.42. The molecule has 0 amide bonds. The lowest BCUT2D eigenvalue weighted by molar-refractivity contribution is 0.0574. The van der Waals surface area contributed by atoms with E-state index in [9.17, 15) is 5.26 Å². The third-order valence-corrected chi connectivity index (χ3v) is 7.15. The second kappa shape index (κ2) is 6.99. The highest BCUT2D eigenvalue weighted by molar-refractivity contribution is 5.44. The van der Waals surface area contributed by atoms with Crippen molar-refractivity contribution >= 4 is 0 Å². The van der Waals surface area contributed by atoms with Crippen LogP contribution in [0.4, 0.5) is 0 Å². The molecule has 3 rings (SSSR count). The molecule has 5 unspecified atom stereocenters. The Morgan fingerprint density at radius 3 is 2.72 bits per heavy atom. The fraction of sp³-hybridized carbons (Fsp3) is 0.625. The third-order valence-electron chi connectivity index (χ3n) is 7.15. The molecular formula is C24H33N. The lowest BCUT2D eigenvalue weighted by atomic mass is 9.52. The van der Waals surface area contributed by atoms with Crippen LogP contribution >= 0.6 is 0 Å². The number of benzene rings is 1. The van der Waals surface area contributed by atoms with Crippen LogP contribution in [0, 0.1) is 34.5 Å². The predicted octanol–water partition coefficient (Wildman–Crippen LogP) is 6.80. The summed E-state index contributed by atoms with van der Waals surface area (Å²) in [4.78, 5) is 0. The van der Waals surface area contributed by atoms with Crippen LogP contribution in [0.5, 0.6) is 0 Å². The molecule has 1 heteroatoms. The van der Waals surface area contributed by atoms with Gasteiger partial charge in [-0.1, -0.05) is 46.3 Å². The second-order valence-corrected chi connectivity index (χ2v) is 9.05. The van der Waals surface area contributed by atoms with Crippen LogP contribution in [0.15, 0.2) is 30.9 Å². The molecule has 1 aromatic carbocycles. The van der Waals surface area contributed by atoms with Gasteiger partial charge in [-0.2, -0.15) is 5.26 Å². The van der Waals surface area contributed by atoms with Gasteiger partial charge < -0.3 is 0 Å². The molecule has 25 heavy (non-hydrogen) atoms. The predicted molar refractivity (Wildman–Crippen MR) is 106 cm³/mol. The summed E-state index contributed by atoms with van der Waals surface area (Å²) in [6.07, 6.45) is 8.49. The number of nitrogens with zero attached hydrogens (tertiary/aromatic N) is 1. The minimum atomic E-state index is 0.280.